The Kier molecular flexibility index (Phi) is 4.34. The lowest BCUT2D eigenvalue weighted by molar-refractivity contribution is -0.395. The number of aromatic hydroxyl groups is 2. The van der Waals surface area contributed by atoms with Gasteiger partial charge >= 0.3 is 11.4 Å². The Morgan fingerprint density at radius 1 is 0.577 bits per heavy atom. The molecule has 0 fully saturated rings. The third-order valence-electron chi connectivity index (χ3n) is 3.25. The Bertz CT molecular complexity index is 907. The van der Waals surface area contributed by atoms with E-state index in [2.05, 4.69) is 0 Å². The van der Waals surface area contributed by atoms with Crippen LogP contribution in [0, 0.1) is 40.5 Å². The zero-order chi connectivity index (χ0) is 19.8. The lowest BCUT2D eigenvalue weighted by atomic mass is 10.00. The van der Waals surface area contributed by atoms with Crippen LogP contribution >= 0.6 is 0 Å². The van der Waals surface area contributed by atoms with Crippen LogP contribution in [-0.4, -0.2) is 29.9 Å². The van der Waals surface area contributed by atoms with Crippen LogP contribution in [0.4, 0.5) is 22.7 Å². The fourth-order valence-electron chi connectivity index (χ4n) is 2.11. The van der Waals surface area contributed by atoms with Crippen molar-refractivity contribution in [2.45, 2.75) is 0 Å². The number of rotatable bonds is 5. The van der Waals surface area contributed by atoms with Gasteiger partial charge in [-0.15, -0.1) is 0 Å². The van der Waals surface area contributed by atoms with Crippen molar-refractivity contribution < 1.29 is 29.9 Å². The summed E-state index contributed by atoms with van der Waals surface area (Å²) in [4.78, 5) is 39.4. The fraction of sp³-hybridized carbons (Fsp3) is 0. The van der Waals surface area contributed by atoms with E-state index in [1.807, 2.05) is 0 Å². The number of nitrogens with zero attached hydrogens (tertiary/aromatic N) is 4. The highest BCUT2D eigenvalue weighted by Gasteiger charge is 2.30. The number of non-ortho nitro benzene ring substituents is 2. The van der Waals surface area contributed by atoms with Gasteiger partial charge in [0.2, 0.25) is 11.5 Å². The molecule has 0 heterocycles. The van der Waals surface area contributed by atoms with Crippen LogP contribution in [0.3, 0.4) is 0 Å². The van der Waals surface area contributed by atoms with Crippen molar-refractivity contribution >= 4 is 22.7 Å². The summed E-state index contributed by atoms with van der Waals surface area (Å²) in [6.45, 7) is 0. The van der Waals surface area contributed by atoms with Crippen LogP contribution < -0.4 is 0 Å². The summed E-state index contributed by atoms with van der Waals surface area (Å²) in [5.41, 5.74) is -5.51. The van der Waals surface area contributed by atoms with Crippen LogP contribution in [0.2, 0.25) is 0 Å². The first-order chi connectivity index (χ1) is 12.0. The fourth-order valence-corrected chi connectivity index (χ4v) is 2.11. The van der Waals surface area contributed by atoms with E-state index < -0.39 is 65.1 Å². The molecule has 0 spiro atoms. The van der Waals surface area contributed by atoms with Crippen LogP contribution in [0.25, 0.3) is 11.1 Å². The predicted octanol–water partition coefficient (Wildman–Crippen LogP) is 2.40. The molecule has 0 radical (unpaired) electrons. The minimum Gasteiger partial charge on any atom is -0.502 e. The minimum absolute atomic E-state index is 0.432. The third kappa shape index (κ3) is 3.01. The van der Waals surface area contributed by atoms with Crippen molar-refractivity contribution in [3.8, 4) is 22.6 Å². The molecule has 0 aromatic heterocycles. The minimum atomic E-state index is -1.16. The number of nitro benzene ring substituents is 4. The van der Waals surface area contributed by atoms with E-state index in [4.69, 9.17) is 0 Å². The number of hydrogen-bond donors (Lipinski definition) is 2. The van der Waals surface area contributed by atoms with E-state index in [-0.39, 0.29) is 0 Å². The molecule has 26 heavy (non-hydrogen) atoms. The Balaban J connectivity index is 2.95. The van der Waals surface area contributed by atoms with E-state index in [1.165, 1.54) is 0 Å². The second-order valence-electron chi connectivity index (χ2n) is 4.75. The summed E-state index contributed by atoms with van der Waals surface area (Å²) in [7, 11) is 0. The molecule has 2 aromatic rings. The van der Waals surface area contributed by atoms with E-state index in [0.29, 0.717) is 24.3 Å². The van der Waals surface area contributed by atoms with Gasteiger partial charge < -0.3 is 10.2 Å². The SMILES string of the molecule is O=[N+]([O-])c1cc(-c2cc([N+](=O)[O-])cc([N+](=O)[O-])c2O)c(O)c([N+](=O)[O-])c1. The highest BCUT2D eigenvalue weighted by Crippen LogP contribution is 2.47. The predicted molar refractivity (Wildman–Crippen MR) is 81.8 cm³/mol. The average Bonchev–Trinajstić information content (AvgIpc) is 2.54. The number of phenols is 2. The number of hydrogen-bond acceptors (Lipinski definition) is 10. The molecule has 0 aliphatic heterocycles. The molecule has 0 atom stereocenters. The lowest BCUT2D eigenvalue weighted by Gasteiger charge is -2.08. The number of nitro groups is 4. The van der Waals surface area contributed by atoms with Crippen molar-refractivity contribution in [3.05, 3.63) is 64.7 Å². The summed E-state index contributed by atoms with van der Waals surface area (Å²) < 4.78 is 0. The standard InChI is InChI=1S/C12H6N4O10/c17-11-7(1-5(13(19)20)3-9(11)15(23)24)8-2-6(14(21)22)4-10(12(8)18)16(25)26/h1-4,17-18H. The molecule has 134 valence electrons. The lowest BCUT2D eigenvalue weighted by Crippen LogP contribution is -1.98. The molecule has 0 amide bonds. The van der Waals surface area contributed by atoms with Gasteiger partial charge in [0, 0.05) is 23.3 Å². The molecule has 2 N–H and O–H groups in total. The van der Waals surface area contributed by atoms with Gasteiger partial charge in [-0.25, -0.2) is 0 Å². The molecule has 14 heteroatoms. The number of phenolic OH excluding ortho intramolecular Hbond substituents is 2. The summed E-state index contributed by atoms with van der Waals surface area (Å²) in [6, 6.07) is 2.04. The molecule has 0 saturated carbocycles. The molecule has 0 unspecified atom stereocenters. The van der Waals surface area contributed by atoms with Crippen molar-refractivity contribution in [2.75, 3.05) is 0 Å². The van der Waals surface area contributed by atoms with E-state index in [1.54, 1.807) is 0 Å². The second-order valence-corrected chi connectivity index (χ2v) is 4.75. The summed E-state index contributed by atoms with van der Waals surface area (Å²) >= 11 is 0. The quantitative estimate of drug-likeness (QED) is 0.581. The van der Waals surface area contributed by atoms with Gasteiger partial charge in [-0.1, -0.05) is 0 Å². The Hall–Kier alpha value is -4.36. The van der Waals surface area contributed by atoms with Gasteiger partial charge in [0.15, 0.2) is 0 Å². The maximum absolute atomic E-state index is 11.0. The van der Waals surface area contributed by atoms with Crippen molar-refractivity contribution in [1.29, 1.82) is 0 Å². The molecule has 2 rings (SSSR count). The molecule has 14 nitrogen and oxygen atoms in total. The van der Waals surface area contributed by atoms with Gasteiger partial charge in [-0.2, -0.15) is 0 Å². The molecule has 0 aliphatic carbocycles. The van der Waals surface area contributed by atoms with Crippen LogP contribution in [-0.2, 0) is 0 Å². The average molecular weight is 366 g/mol. The zero-order valence-corrected chi connectivity index (χ0v) is 12.3. The van der Waals surface area contributed by atoms with Crippen LogP contribution in [0.1, 0.15) is 0 Å². The first kappa shape index (κ1) is 18.0. The smallest absolute Gasteiger partial charge is 0.318 e. The highest BCUT2D eigenvalue weighted by molar-refractivity contribution is 5.85. The summed E-state index contributed by atoms with van der Waals surface area (Å²) in [5.74, 6) is -2.32. The van der Waals surface area contributed by atoms with Crippen molar-refractivity contribution in [2.24, 2.45) is 0 Å². The third-order valence-corrected chi connectivity index (χ3v) is 3.25. The summed E-state index contributed by atoms with van der Waals surface area (Å²) in [6.07, 6.45) is 0. The first-order valence-electron chi connectivity index (χ1n) is 6.36. The second kappa shape index (κ2) is 6.27. The molecular formula is C12H6N4O10. The van der Waals surface area contributed by atoms with Crippen LogP contribution in [0.15, 0.2) is 24.3 Å². The molecule has 0 saturated heterocycles. The van der Waals surface area contributed by atoms with Gasteiger partial charge in [0.05, 0.1) is 31.8 Å². The van der Waals surface area contributed by atoms with Gasteiger partial charge in [-0.3, -0.25) is 40.5 Å². The molecule has 0 bridgehead atoms. The Morgan fingerprint density at radius 2 is 0.885 bits per heavy atom. The highest BCUT2D eigenvalue weighted by atomic mass is 16.6. The Labute approximate surface area is 141 Å². The van der Waals surface area contributed by atoms with Gasteiger partial charge in [-0.05, 0) is 0 Å². The van der Waals surface area contributed by atoms with Crippen molar-refractivity contribution in [3.63, 3.8) is 0 Å². The maximum Gasteiger partial charge on any atom is 0.318 e. The van der Waals surface area contributed by atoms with Gasteiger partial charge in [0.1, 0.15) is 0 Å². The monoisotopic (exact) mass is 366 g/mol. The molecule has 2 aromatic carbocycles. The van der Waals surface area contributed by atoms with Gasteiger partial charge in [0.25, 0.3) is 11.4 Å². The first-order valence-corrected chi connectivity index (χ1v) is 6.36. The zero-order valence-electron chi connectivity index (χ0n) is 12.3. The van der Waals surface area contributed by atoms with E-state index >= 15 is 0 Å². The molecular weight excluding hydrogens is 360 g/mol. The summed E-state index contributed by atoms with van der Waals surface area (Å²) in [5, 5.41) is 63.7. The van der Waals surface area contributed by atoms with E-state index in [0.717, 1.165) is 0 Å². The van der Waals surface area contributed by atoms with E-state index in [9.17, 15) is 50.7 Å². The number of benzene rings is 2. The van der Waals surface area contributed by atoms with Crippen molar-refractivity contribution in [1.82, 2.24) is 0 Å². The topological polar surface area (TPSA) is 213 Å². The largest absolute Gasteiger partial charge is 0.502 e. The maximum atomic E-state index is 11.0. The normalized spacial score (nSPS) is 10.3. The van der Waals surface area contributed by atoms with Crippen LogP contribution in [0.5, 0.6) is 11.5 Å². The molecule has 0 aliphatic rings. The Morgan fingerprint density at radius 3 is 1.12 bits per heavy atom.